The molecule has 2 aromatic rings. The van der Waals surface area contributed by atoms with Crippen molar-refractivity contribution in [2.45, 2.75) is 12.3 Å². The molecular weight excluding hydrogens is 331 g/mol. The van der Waals surface area contributed by atoms with Crippen molar-refractivity contribution in [1.29, 1.82) is 0 Å². The molecule has 0 saturated heterocycles. The minimum atomic E-state index is -0.634. The van der Waals surface area contributed by atoms with Gasteiger partial charge in [0.15, 0.2) is 0 Å². The van der Waals surface area contributed by atoms with E-state index < -0.39 is 11.6 Å². The molecule has 20 heavy (non-hydrogen) atoms. The molecule has 0 N–H and O–H groups in total. The van der Waals surface area contributed by atoms with E-state index in [1.165, 1.54) is 41.3 Å². The van der Waals surface area contributed by atoms with Gasteiger partial charge in [-0.15, -0.1) is 0 Å². The van der Waals surface area contributed by atoms with E-state index in [9.17, 15) is 13.2 Å². The maximum atomic E-state index is 14.1. The number of hydrogen-bond donors (Lipinski definition) is 0. The van der Waals surface area contributed by atoms with E-state index >= 15 is 0 Å². The lowest BCUT2D eigenvalue weighted by Crippen LogP contribution is -2.19. The number of nitrogens with zero attached hydrogens (tertiary/aromatic N) is 1. The van der Waals surface area contributed by atoms with Crippen LogP contribution in [-0.4, -0.2) is 6.54 Å². The molecule has 0 atom stereocenters. The Kier molecular flexibility index (Phi) is 4.70. The summed E-state index contributed by atoms with van der Waals surface area (Å²) in [7, 11) is 0. The highest BCUT2D eigenvalue weighted by molar-refractivity contribution is 9.08. The third kappa shape index (κ3) is 2.98. The molecule has 0 amide bonds. The summed E-state index contributed by atoms with van der Waals surface area (Å²) in [5.41, 5.74) is 0.945. The summed E-state index contributed by atoms with van der Waals surface area (Å²) in [6.07, 6.45) is 0. The highest BCUT2D eigenvalue weighted by Crippen LogP contribution is 2.31. The lowest BCUT2D eigenvalue weighted by molar-refractivity contribution is 0.579. The van der Waals surface area contributed by atoms with Crippen LogP contribution in [0.15, 0.2) is 36.4 Å². The van der Waals surface area contributed by atoms with Gasteiger partial charge in [0, 0.05) is 17.6 Å². The molecule has 0 spiro atoms. The van der Waals surface area contributed by atoms with Gasteiger partial charge in [-0.1, -0.05) is 15.9 Å². The van der Waals surface area contributed by atoms with Crippen molar-refractivity contribution in [3.05, 3.63) is 59.4 Å². The number of hydrogen-bond acceptors (Lipinski definition) is 1. The highest BCUT2D eigenvalue weighted by Gasteiger charge is 2.18. The maximum absolute atomic E-state index is 14.1. The third-order valence-corrected chi connectivity index (χ3v) is 3.60. The van der Waals surface area contributed by atoms with Gasteiger partial charge in [0.25, 0.3) is 0 Å². The minimum Gasteiger partial charge on any atom is -0.337 e. The second-order valence-corrected chi connectivity index (χ2v) is 4.82. The summed E-state index contributed by atoms with van der Waals surface area (Å²) in [6.45, 7) is 2.15. The van der Waals surface area contributed by atoms with Crippen LogP contribution in [0, 0.1) is 17.5 Å². The molecule has 0 bridgehead atoms. The molecule has 0 saturated carbocycles. The number of rotatable bonds is 4. The van der Waals surface area contributed by atoms with Gasteiger partial charge in [-0.2, -0.15) is 0 Å². The Balaban J connectivity index is 2.49. The van der Waals surface area contributed by atoms with E-state index in [-0.39, 0.29) is 11.5 Å². The lowest BCUT2D eigenvalue weighted by Gasteiger charge is -2.24. The third-order valence-electron chi connectivity index (χ3n) is 2.96. The molecule has 0 heterocycles. The molecule has 5 heteroatoms. The van der Waals surface area contributed by atoms with Crippen LogP contribution in [0.5, 0.6) is 0 Å². The van der Waals surface area contributed by atoms with Crippen molar-refractivity contribution in [2.24, 2.45) is 0 Å². The molecule has 0 aliphatic heterocycles. The number of anilines is 2. The van der Waals surface area contributed by atoms with Crippen molar-refractivity contribution >= 4 is 27.3 Å². The van der Waals surface area contributed by atoms with Crippen LogP contribution in [0.2, 0.25) is 0 Å². The molecule has 2 aromatic carbocycles. The Morgan fingerprint density at radius 3 is 2.00 bits per heavy atom. The van der Waals surface area contributed by atoms with Gasteiger partial charge in [-0.05, 0) is 48.9 Å². The molecule has 0 aliphatic carbocycles. The molecule has 0 radical (unpaired) electrons. The van der Waals surface area contributed by atoms with Crippen LogP contribution >= 0.6 is 15.9 Å². The van der Waals surface area contributed by atoms with E-state index in [1.54, 1.807) is 6.92 Å². The average Bonchev–Trinajstić information content (AvgIpc) is 2.43. The van der Waals surface area contributed by atoms with Crippen molar-refractivity contribution in [3.63, 3.8) is 0 Å². The SMILES string of the molecule is CCN(c1ccc(F)cc1)c1c(F)cc(CBr)cc1F. The predicted molar refractivity (Wildman–Crippen MR) is 78.1 cm³/mol. The topological polar surface area (TPSA) is 3.24 Å². The first-order chi connectivity index (χ1) is 9.56. The normalized spacial score (nSPS) is 10.7. The van der Waals surface area contributed by atoms with Crippen LogP contribution in [0.4, 0.5) is 24.5 Å². The Morgan fingerprint density at radius 2 is 1.55 bits per heavy atom. The fourth-order valence-corrected chi connectivity index (χ4v) is 2.37. The molecule has 0 unspecified atom stereocenters. The largest absolute Gasteiger partial charge is 0.337 e. The zero-order valence-corrected chi connectivity index (χ0v) is 12.4. The summed E-state index contributed by atoms with van der Waals surface area (Å²) in [5, 5.41) is 0.379. The Bertz CT molecular complexity index is 576. The van der Waals surface area contributed by atoms with E-state index in [2.05, 4.69) is 15.9 Å². The fourth-order valence-electron chi connectivity index (χ4n) is 2.04. The van der Waals surface area contributed by atoms with Crippen LogP contribution in [0.3, 0.4) is 0 Å². The van der Waals surface area contributed by atoms with E-state index in [1.807, 2.05) is 0 Å². The molecular formula is C15H13BrF3N. The van der Waals surface area contributed by atoms with Gasteiger partial charge in [0.1, 0.15) is 23.1 Å². The summed E-state index contributed by atoms with van der Waals surface area (Å²) in [6, 6.07) is 8.10. The van der Waals surface area contributed by atoms with Crippen molar-refractivity contribution in [3.8, 4) is 0 Å². The van der Waals surface area contributed by atoms with E-state index in [4.69, 9.17) is 0 Å². The summed E-state index contributed by atoms with van der Waals surface area (Å²) >= 11 is 3.17. The molecule has 0 aliphatic rings. The quantitative estimate of drug-likeness (QED) is 0.693. The van der Waals surface area contributed by atoms with Crippen LogP contribution in [0.25, 0.3) is 0 Å². The van der Waals surface area contributed by atoms with Crippen LogP contribution in [0.1, 0.15) is 12.5 Å². The number of alkyl halides is 1. The van der Waals surface area contributed by atoms with E-state index in [0.29, 0.717) is 23.1 Å². The second-order valence-electron chi connectivity index (χ2n) is 4.26. The van der Waals surface area contributed by atoms with Gasteiger partial charge in [0.2, 0.25) is 0 Å². The predicted octanol–water partition coefficient (Wildman–Crippen LogP) is 5.16. The summed E-state index contributed by atoms with van der Waals surface area (Å²) in [5.74, 6) is -1.66. The number of halogens is 4. The van der Waals surface area contributed by atoms with Crippen molar-refractivity contribution in [2.75, 3.05) is 11.4 Å². The van der Waals surface area contributed by atoms with Crippen LogP contribution in [-0.2, 0) is 5.33 Å². The second kappa shape index (κ2) is 6.31. The standard InChI is InChI=1S/C15H13BrF3N/c1-2-20(12-5-3-11(17)4-6-12)15-13(18)7-10(9-16)8-14(15)19/h3-8H,2,9H2,1H3. The molecule has 106 valence electrons. The van der Waals surface area contributed by atoms with Gasteiger partial charge in [-0.25, -0.2) is 13.2 Å². The van der Waals surface area contributed by atoms with Gasteiger partial charge >= 0.3 is 0 Å². The fraction of sp³-hybridized carbons (Fsp3) is 0.200. The van der Waals surface area contributed by atoms with Gasteiger partial charge in [0.05, 0.1) is 0 Å². The first-order valence-corrected chi connectivity index (χ1v) is 7.26. The molecule has 1 nitrogen and oxygen atoms in total. The first-order valence-electron chi connectivity index (χ1n) is 6.13. The zero-order chi connectivity index (χ0) is 14.7. The van der Waals surface area contributed by atoms with Crippen LogP contribution < -0.4 is 4.90 Å². The summed E-state index contributed by atoms with van der Waals surface area (Å²) in [4.78, 5) is 1.47. The zero-order valence-electron chi connectivity index (χ0n) is 10.8. The van der Waals surface area contributed by atoms with E-state index in [0.717, 1.165) is 0 Å². The van der Waals surface area contributed by atoms with Gasteiger partial charge < -0.3 is 4.90 Å². The lowest BCUT2D eigenvalue weighted by atomic mass is 10.1. The van der Waals surface area contributed by atoms with Crippen molar-refractivity contribution in [1.82, 2.24) is 0 Å². The average molecular weight is 344 g/mol. The molecule has 0 aromatic heterocycles. The Labute approximate surface area is 124 Å². The smallest absolute Gasteiger partial charge is 0.150 e. The van der Waals surface area contributed by atoms with Gasteiger partial charge in [-0.3, -0.25) is 0 Å². The minimum absolute atomic E-state index is 0.121. The first kappa shape index (κ1) is 14.9. The Morgan fingerprint density at radius 1 is 1.00 bits per heavy atom. The summed E-state index contributed by atoms with van der Waals surface area (Å²) < 4.78 is 41.2. The monoisotopic (exact) mass is 343 g/mol. The Hall–Kier alpha value is -1.49. The maximum Gasteiger partial charge on any atom is 0.150 e. The number of benzene rings is 2. The highest BCUT2D eigenvalue weighted by atomic mass is 79.9. The molecule has 2 rings (SSSR count). The van der Waals surface area contributed by atoms with Crippen molar-refractivity contribution < 1.29 is 13.2 Å². The molecule has 0 fully saturated rings.